The van der Waals surface area contributed by atoms with Gasteiger partial charge in [-0.15, -0.1) is 0 Å². The van der Waals surface area contributed by atoms with Gasteiger partial charge in [0.15, 0.2) is 0 Å². The molecule has 0 saturated carbocycles. The van der Waals surface area contributed by atoms with Crippen molar-refractivity contribution in [2.24, 2.45) is 5.41 Å². The summed E-state index contributed by atoms with van der Waals surface area (Å²) in [6.07, 6.45) is 3.40. The van der Waals surface area contributed by atoms with Crippen molar-refractivity contribution in [1.82, 2.24) is 15.3 Å². The molecule has 4 nitrogen and oxygen atoms in total. The van der Waals surface area contributed by atoms with Gasteiger partial charge in [-0.25, -0.2) is 0 Å². The highest BCUT2D eigenvalue weighted by atomic mass is 16.3. The zero-order valence-electron chi connectivity index (χ0n) is 10.5. The Morgan fingerprint density at radius 1 is 1.38 bits per heavy atom. The molecule has 0 radical (unpaired) electrons. The van der Waals surface area contributed by atoms with Crippen LogP contribution in [-0.2, 0) is 0 Å². The third-order valence-corrected chi connectivity index (χ3v) is 2.64. The molecule has 1 rings (SSSR count). The van der Waals surface area contributed by atoms with Crippen LogP contribution in [0.5, 0.6) is 0 Å². The van der Waals surface area contributed by atoms with Crippen LogP contribution >= 0.6 is 0 Å². The van der Waals surface area contributed by atoms with Crippen molar-refractivity contribution < 1.29 is 5.11 Å². The van der Waals surface area contributed by atoms with E-state index in [9.17, 15) is 0 Å². The maximum Gasteiger partial charge on any atom is 0.0782 e. The van der Waals surface area contributed by atoms with Crippen LogP contribution in [0.2, 0.25) is 0 Å². The average Bonchev–Trinajstić information content (AvgIpc) is 2.27. The van der Waals surface area contributed by atoms with Crippen LogP contribution < -0.4 is 5.32 Å². The van der Waals surface area contributed by atoms with Crippen molar-refractivity contribution in [2.45, 2.75) is 33.7 Å². The van der Waals surface area contributed by atoms with Gasteiger partial charge in [0.1, 0.15) is 0 Å². The maximum absolute atomic E-state index is 9.16. The Morgan fingerprint density at radius 2 is 2.00 bits per heavy atom. The van der Waals surface area contributed by atoms with Crippen LogP contribution in [0.3, 0.4) is 0 Å². The molecule has 1 atom stereocenters. The minimum absolute atomic E-state index is 0.107. The number of hydrogen-bond donors (Lipinski definition) is 2. The molecule has 0 aliphatic heterocycles. The van der Waals surface area contributed by atoms with Crippen LogP contribution in [0.1, 0.15) is 38.2 Å². The van der Waals surface area contributed by atoms with Crippen molar-refractivity contribution in [2.75, 3.05) is 13.2 Å². The van der Waals surface area contributed by atoms with Gasteiger partial charge in [-0.2, -0.15) is 0 Å². The first-order valence-corrected chi connectivity index (χ1v) is 5.58. The molecule has 1 heterocycles. The molecule has 1 aromatic rings. The second-order valence-corrected chi connectivity index (χ2v) is 4.95. The van der Waals surface area contributed by atoms with Gasteiger partial charge in [-0.05, 0) is 13.8 Å². The van der Waals surface area contributed by atoms with E-state index in [1.807, 2.05) is 20.8 Å². The summed E-state index contributed by atoms with van der Waals surface area (Å²) in [4.78, 5) is 8.53. The molecular formula is C12H21N3O. The Hall–Kier alpha value is -1.00. The van der Waals surface area contributed by atoms with Crippen molar-refractivity contribution in [3.05, 3.63) is 23.8 Å². The number of nitrogens with zero attached hydrogens (tertiary/aromatic N) is 2. The molecule has 0 bridgehead atoms. The topological polar surface area (TPSA) is 58.0 Å². The van der Waals surface area contributed by atoms with Gasteiger partial charge >= 0.3 is 0 Å². The van der Waals surface area contributed by atoms with Gasteiger partial charge in [-0.3, -0.25) is 9.97 Å². The summed E-state index contributed by atoms with van der Waals surface area (Å²) in [6, 6.07) is 0.152. The van der Waals surface area contributed by atoms with E-state index in [0.29, 0.717) is 0 Å². The summed E-state index contributed by atoms with van der Waals surface area (Å²) in [6.45, 7) is 8.99. The molecular weight excluding hydrogens is 202 g/mol. The number of nitrogens with one attached hydrogen (secondary N) is 1. The molecule has 1 unspecified atom stereocenters. The highest BCUT2D eigenvalue weighted by Crippen LogP contribution is 2.16. The van der Waals surface area contributed by atoms with Gasteiger partial charge in [0, 0.05) is 37.0 Å². The maximum atomic E-state index is 9.16. The number of aliphatic hydroxyl groups is 1. The summed E-state index contributed by atoms with van der Waals surface area (Å²) >= 11 is 0. The van der Waals surface area contributed by atoms with Gasteiger partial charge in [0.05, 0.1) is 11.4 Å². The zero-order chi connectivity index (χ0) is 12.2. The zero-order valence-corrected chi connectivity index (χ0v) is 10.5. The van der Waals surface area contributed by atoms with Crippen LogP contribution in [0.15, 0.2) is 12.4 Å². The summed E-state index contributed by atoms with van der Waals surface area (Å²) in [7, 11) is 0. The summed E-state index contributed by atoms with van der Waals surface area (Å²) < 4.78 is 0. The summed E-state index contributed by atoms with van der Waals surface area (Å²) in [5.41, 5.74) is 1.81. The molecule has 0 saturated heterocycles. The molecule has 1 aromatic heterocycles. The van der Waals surface area contributed by atoms with E-state index in [4.69, 9.17) is 5.11 Å². The highest BCUT2D eigenvalue weighted by Gasteiger charge is 2.18. The monoisotopic (exact) mass is 223 g/mol. The quantitative estimate of drug-likeness (QED) is 0.793. The van der Waals surface area contributed by atoms with Crippen molar-refractivity contribution in [3.63, 3.8) is 0 Å². The van der Waals surface area contributed by atoms with E-state index >= 15 is 0 Å². The third-order valence-electron chi connectivity index (χ3n) is 2.64. The molecule has 16 heavy (non-hydrogen) atoms. The second-order valence-electron chi connectivity index (χ2n) is 4.95. The number of rotatable bonds is 5. The fraction of sp³-hybridized carbons (Fsp3) is 0.667. The van der Waals surface area contributed by atoms with E-state index in [1.165, 1.54) is 0 Å². The molecule has 0 aliphatic rings. The number of hydrogen-bond acceptors (Lipinski definition) is 4. The van der Waals surface area contributed by atoms with Crippen molar-refractivity contribution in [1.29, 1.82) is 0 Å². The lowest BCUT2D eigenvalue weighted by atomic mass is 9.94. The van der Waals surface area contributed by atoms with Crippen molar-refractivity contribution >= 4 is 0 Å². The largest absolute Gasteiger partial charge is 0.396 e. The Morgan fingerprint density at radius 3 is 2.56 bits per heavy atom. The highest BCUT2D eigenvalue weighted by molar-refractivity contribution is 5.12. The predicted octanol–water partition coefficient (Wildman–Crippen LogP) is 1.45. The van der Waals surface area contributed by atoms with Crippen LogP contribution in [0.4, 0.5) is 0 Å². The number of aromatic nitrogens is 2. The fourth-order valence-electron chi connectivity index (χ4n) is 1.43. The van der Waals surface area contributed by atoms with Gasteiger partial charge < -0.3 is 10.4 Å². The molecule has 4 heteroatoms. The lowest BCUT2D eigenvalue weighted by Crippen LogP contribution is -2.34. The van der Waals surface area contributed by atoms with Crippen LogP contribution in [0, 0.1) is 12.3 Å². The lowest BCUT2D eigenvalue weighted by Gasteiger charge is -2.25. The van der Waals surface area contributed by atoms with Gasteiger partial charge in [-0.1, -0.05) is 13.8 Å². The van der Waals surface area contributed by atoms with Crippen LogP contribution in [0.25, 0.3) is 0 Å². The van der Waals surface area contributed by atoms with Gasteiger partial charge in [0.2, 0.25) is 0 Å². The Labute approximate surface area is 97.1 Å². The summed E-state index contributed by atoms with van der Waals surface area (Å²) in [5, 5.41) is 12.5. The minimum Gasteiger partial charge on any atom is -0.396 e. The van der Waals surface area contributed by atoms with E-state index in [1.54, 1.807) is 12.4 Å². The SMILES string of the molecule is Cc1nccnc1C(C)NCC(C)(C)CO. The molecule has 0 amide bonds. The third kappa shape index (κ3) is 3.54. The lowest BCUT2D eigenvalue weighted by molar-refractivity contribution is 0.153. The van der Waals surface area contributed by atoms with E-state index in [-0.39, 0.29) is 18.1 Å². The first-order valence-electron chi connectivity index (χ1n) is 5.58. The standard InChI is InChI=1S/C12H21N3O/c1-9-11(14-6-5-13-9)10(2)15-7-12(3,4)8-16/h5-6,10,15-16H,7-8H2,1-4H3. The Balaban J connectivity index is 2.60. The molecule has 90 valence electrons. The van der Waals surface area contributed by atoms with E-state index in [0.717, 1.165) is 17.9 Å². The smallest absolute Gasteiger partial charge is 0.0782 e. The molecule has 0 aliphatic carbocycles. The predicted molar refractivity (Wildman–Crippen MR) is 64.1 cm³/mol. The molecule has 0 spiro atoms. The van der Waals surface area contributed by atoms with E-state index in [2.05, 4.69) is 22.2 Å². The fourth-order valence-corrected chi connectivity index (χ4v) is 1.43. The average molecular weight is 223 g/mol. The first kappa shape index (κ1) is 13.1. The number of aliphatic hydroxyl groups excluding tert-OH is 1. The Kier molecular flexibility index (Phi) is 4.38. The first-order chi connectivity index (χ1) is 7.46. The van der Waals surface area contributed by atoms with Crippen molar-refractivity contribution in [3.8, 4) is 0 Å². The second kappa shape index (κ2) is 5.37. The van der Waals surface area contributed by atoms with E-state index < -0.39 is 0 Å². The minimum atomic E-state index is -0.107. The molecule has 0 fully saturated rings. The summed E-state index contributed by atoms with van der Waals surface area (Å²) in [5.74, 6) is 0. The number of aryl methyl sites for hydroxylation is 1. The van der Waals surface area contributed by atoms with Gasteiger partial charge in [0.25, 0.3) is 0 Å². The normalized spacial score (nSPS) is 13.8. The molecule has 2 N–H and O–H groups in total. The Bertz CT molecular complexity index is 339. The van der Waals surface area contributed by atoms with Crippen LogP contribution in [-0.4, -0.2) is 28.2 Å². The molecule has 0 aromatic carbocycles.